The lowest BCUT2D eigenvalue weighted by Gasteiger charge is -2.23. The highest BCUT2D eigenvalue weighted by Crippen LogP contribution is 2.26. The number of carbonyl (C=O) groups is 1. The maximum absolute atomic E-state index is 12.8. The summed E-state index contributed by atoms with van der Waals surface area (Å²) in [5, 5.41) is 4.28. The number of piperidine rings is 1. The predicted octanol–water partition coefficient (Wildman–Crippen LogP) is 4.31. The highest BCUT2D eigenvalue weighted by molar-refractivity contribution is 7.13. The standard InChI is InChI=1S/C24H22N4O2S/c29-22(16-3-5-19(6-4-16)30-20-7-9-25-10-8-20)12-24-27-13-18-2-1-17(11-21(18)28-24)23-14-26-15-31-23/h1-6,11,13-15,20,25H,7-10,12H2. The van der Waals surface area contributed by atoms with E-state index in [9.17, 15) is 4.79 Å². The summed E-state index contributed by atoms with van der Waals surface area (Å²) < 4.78 is 6.02. The van der Waals surface area contributed by atoms with Crippen LogP contribution in [-0.2, 0) is 6.42 Å². The molecule has 31 heavy (non-hydrogen) atoms. The summed E-state index contributed by atoms with van der Waals surface area (Å²) in [5.41, 5.74) is 4.34. The number of nitrogens with zero attached hydrogens (tertiary/aromatic N) is 3. The molecule has 0 saturated carbocycles. The first kappa shape index (κ1) is 19.8. The maximum atomic E-state index is 12.8. The molecule has 5 rings (SSSR count). The molecule has 1 fully saturated rings. The minimum atomic E-state index is -0.00798. The molecule has 0 atom stereocenters. The van der Waals surface area contributed by atoms with E-state index in [0.29, 0.717) is 11.4 Å². The topological polar surface area (TPSA) is 77.0 Å². The summed E-state index contributed by atoms with van der Waals surface area (Å²) in [4.78, 5) is 27.0. The number of hydrogen-bond donors (Lipinski definition) is 1. The zero-order valence-electron chi connectivity index (χ0n) is 17.0. The second-order valence-electron chi connectivity index (χ2n) is 7.62. The van der Waals surface area contributed by atoms with Gasteiger partial charge in [0.2, 0.25) is 0 Å². The van der Waals surface area contributed by atoms with Crippen molar-refractivity contribution in [2.24, 2.45) is 0 Å². The van der Waals surface area contributed by atoms with Crippen molar-refractivity contribution in [1.29, 1.82) is 0 Å². The first-order valence-electron chi connectivity index (χ1n) is 10.4. The minimum absolute atomic E-state index is 0.00798. The van der Waals surface area contributed by atoms with Gasteiger partial charge in [-0.05, 0) is 61.8 Å². The van der Waals surface area contributed by atoms with E-state index in [0.717, 1.165) is 53.0 Å². The summed E-state index contributed by atoms with van der Waals surface area (Å²) >= 11 is 1.59. The normalized spacial score (nSPS) is 14.6. The number of benzene rings is 2. The molecule has 3 heterocycles. The number of aromatic nitrogens is 3. The van der Waals surface area contributed by atoms with E-state index in [4.69, 9.17) is 4.74 Å². The number of nitrogens with one attached hydrogen (secondary N) is 1. The molecule has 0 spiro atoms. The van der Waals surface area contributed by atoms with Gasteiger partial charge in [-0.1, -0.05) is 12.1 Å². The minimum Gasteiger partial charge on any atom is -0.490 e. The van der Waals surface area contributed by atoms with Crippen LogP contribution in [0.1, 0.15) is 29.0 Å². The Labute approximate surface area is 184 Å². The van der Waals surface area contributed by atoms with E-state index in [2.05, 4.69) is 20.3 Å². The van der Waals surface area contributed by atoms with Crippen LogP contribution in [0.3, 0.4) is 0 Å². The molecule has 1 saturated heterocycles. The Kier molecular flexibility index (Phi) is 5.69. The quantitative estimate of drug-likeness (QED) is 0.460. The average molecular weight is 431 g/mol. The Morgan fingerprint density at radius 1 is 1.10 bits per heavy atom. The van der Waals surface area contributed by atoms with Gasteiger partial charge in [0.15, 0.2) is 5.78 Å². The fourth-order valence-corrected chi connectivity index (χ4v) is 4.35. The summed E-state index contributed by atoms with van der Waals surface area (Å²) in [6.07, 6.45) is 6.03. The third-order valence-corrected chi connectivity index (χ3v) is 6.26. The molecular formula is C24H22N4O2S. The van der Waals surface area contributed by atoms with Crippen LogP contribution < -0.4 is 10.1 Å². The van der Waals surface area contributed by atoms with Gasteiger partial charge in [-0.2, -0.15) is 0 Å². The number of ketones is 1. The molecule has 2 aromatic carbocycles. The van der Waals surface area contributed by atoms with Crippen molar-refractivity contribution < 1.29 is 9.53 Å². The highest BCUT2D eigenvalue weighted by Gasteiger charge is 2.15. The zero-order valence-corrected chi connectivity index (χ0v) is 17.8. The lowest BCUT2D eigenvalue weighted by Crippen LogP contribution is -2.34. The third kappa shape index (κ3) is 4.62. The van der Waals surface area contributed by atoms with Gasteiger partial charge >= 0.3 is 0 Å². The number of rotatable bonds is 6. The molecule has 2 aromatic heterocycles. The predicted molar refractivity (Wildman–Crippen MR) is 122 cm³/mol. The second-order valence-corrected chi connectivity index (χ2v) is 8.50. The van der Waals surface area contributed by atoms with E-state index in [1.54, 1.807) is 17.5 Å². The summed E-state index contributed by atoms with van der Waals surface area (Å²) in [7, 11) is 0. The van der Waals surface area contributed by atoms with Gasteiger partial charge in [-0.3, -0.25) is 9.78 Å². The van der Waals surface area contributed by atoms with E-state index < -0.39 is 0 Å². The Hall–Kier alpha value is -3.16. The van der Waals surface area contributed by atoms with Gasteiger partial charge in [0.1, 0.15) is 17.7 Å². The Bertz CT molecular complexity index is 1190. The number of ether oxygens (including phenoxy) is 1. The number of Topliss-reactive ketones (excluding diaryl/α,β-unsaturated/α-hetero) is 1. The highest BCUT2D eigenvalue weighted by atomic mass is 32.1. The Balaban J connectivity index is 1.29. The van der Waals surface area contributed by atoms with Gasteiger partial charge in [0.05, 0.1) is 22.3 Å². The second kappa shape index (κ2) is 8.91. The summed E-state index contributed by atoms with van der Waals surface area (Å²) in [6, 6.07) is 13.4. The molecule has 4 aromatic rings. The first-order chi connectivity index (χ1) is 15.2. The van der Waals surface area contributed by atoms with Crippen LogP contribution in [0.15, 0.2) is 60.4 Å². The van der Waals surface area contributed by atoms with Crippen LogP contribution in [-0.4, -0.2) is 39.9 Å². The molecule has 0 unspecified atom stereocenters. The van der Waals surface area contributed by atoms with Crippen LogP contribution in [0.2, 0.25) is 0 Å². The third-order valence-electron chi connectivity index (χ3n) is 5.43. The molecule has 0 radical (unpaired) electrons. The van der Waals surface area contributed by atoms with Crippen LogP contribution in [0, 0.1) is 0 Å². The summed E-state index contributed by atoms with van der Waals surface area (Å²) in [5.74, 6) is 1.32. The van der Waals surface area contributed by atoms with Gasteiger partial charge in [0.25, 0.3) is 0 Å². The fraction of sp³-hybridized carbons (Fsp3) is 0.250. The molecular weight excluding hydrogens is 408 g/mol. The number of carbonyl (C=O) groups excluding carboxylic acids is 1. The van der Waals surface area contributed by atoms with Crippen molar-refractivity contribution in [2.75, 3.05) is 13.1 Å². The van der Waals surface area contributed by atoms with Crippen molar-refractivity contribution in [2.45, 2.75) is 25.4 Å². The first-order valence-corrected chi connectivity index (χ1v) is 11.3. The van der Waals surface area contributed by atoms with E-state index in [1.807, 2.05) is 54.2 Å². The number of fused-ring (bicyclic) bond motifs is 1. The monoisotopic (exact) mass is 430 g/mol. The van der Waals surface area contributed by atoms with Crippen molar-refractivity contribution in [3.63, 3.8) is 0 Å². The Morgan fingerprint density at radius 3 is 2.71 bits per heavy atom. The lowest BCUT2D eigenvalue weighted by atomic mass is 10.1. The van der Waals surface area contributed by atoms with Gasteiger partial charge in [-0.15, -0.1) is 11.3 Å². The zero-order chi connectivity index (χ0) is 21.0. The van der Waals surface area contributed by atoms with Crippen molar-refractivity contribution in [3.05, 3.63) is 71.8 Å². The summed E-state index contributed by atoms with van der Waals surface area (Å²) in [6.45, 7) is 1.97. The molecule has 0 bridgehead atoms. The molecule has 1 N–H and O–H groups in total. The number of hydrogen-bond acceptors (Lipinski definition) is 7. The van der Waals surface area contributed by atoms with Crippen molar-refractivity contribution in [1.82, 2.24) is 20.3 Å². The number of thiazole rings is 1. The van der Waals surface area contributed by atoms with E-state index in [1.165, 1.54) is 0 Å². The molecule has 6 nitrogen and oxygen atoms in total. The lowest BCUT2D eigenvalue weighted by molar-refractivity contribution is 0.0991. The Morgan fingerprint density at radius 2 is 1.94 bits per heavy atom. The van der Waals surface area contributed by atoms with Gasteiger partial charge in [0, 0.05) is 23.3 Å². The largest absolute Gasteiger partial charge is 0.490 e. The molecule has 1 aliphatic heterocycles. The molecule has 0 amide bonds. The van der Waals surface area contributed by atoms with Crippen LogP contribution in [0.5, 0.6) is 5.75 Å². The molecule has 1 aliphatic rings. The maximum Gasteiger partial charge on any atom is 0.170 e. The molecule has 7 heteroatoms. The molecule has 156 valence electrons. The van der Waals surface area contributed by atoms with Gasteiger partial charge in [-0.25, -0.2) is 9.97 Å². The van der Waals surface area contributed by atoms with E-state index >= 15 is 0 Å². The average Bonchev–Trinajstić information content (AvgIpc) is 3.35. The van der Waals surface area contributed by atoms with Crippen LogP contribution in [0.4, 0.5) is 0 Å². The fourth-order valence-electron chi connectivity index (χ4n) is 3.73. The van der Waals surface area contributed by atoms with E-state index in [-0.39, 0.29) is 18.3 Å². The van der Waals surface area contributed by atoms with Crippen molar-refractivity contribution >= 4 is 28.0 Å². The van der Waals surface area contributed by atoms with Crippen LogP contribution >= 0.6 is 11.3 Å². The molecule has 0 aliphatic carbocycles. The van der Waals surface area contributed by atoms with Crippen LogP contribution in [0.25, 0.3) is 21.3 Å². The van der Waals surface area contributed by atoms with Crippen molar-refractivity contribution in [3.8, 4) is 16.2 Å². The smallest absolute Gasteiger partial charge is 0.170 e. The SMILES string of the molecule is O=C(Cc1ncc2ccc(-c3cncs3)cc2n1)c1ccc(OC2CCNCC2)cc1. The van der Waals surface area contributed by atoms with Gasteiger partial charge < -0.3 is 10.1 Å².